The minimum absolute atomic E-state index is 0.0592. The van der Waals surface area contributed by atoms with Crippen molar-refractivity contribution in [2.24, 2.45) is 13.0 Å². The summed E-state index contributed by atoms with van der Waals surface area (Å²) < 4.78 is 1.34. The average Bonchev–Trinajstić information content (AvgIpc) is 3.04. The third-order valence-corrected chi connectivity index (χ3v) is 5.99. The van der Waals surface area contributed by atoms with Crippen LogP contribution in [0, 0.1) is 12.8 Å². The summed E-state index contributed by atoms with van der Waals surface area (Å²) in [6.07, 6.45) is 2.22. The molecule has 7 nitrogen and oxygen atoms in total. The highest BCUT2D eigenvalue weighted by Gasteiger charge is 2.37. The van der Waals surface area contributed by atoms with Gasteiger partial charge in [-0.3, -0.25) is 14.4 Å². The number of carbonyl (C=O) groups is 2. The molecule has 1 N–H and O–H groups in total. The molecule has 4 rings (SSSR count). The molecule has 0 radical (unpaired) electrons. The van der Waals surface area contributed by atoms with Gasteiger partial charge in [0.1, 0.15) is 0 Å². The molecule has 1 aromatic carbocycles. The zero-order valence-corrected chi connectivity index (χ0v) is 17.2. The normalized spacial score (nSPS) is 21.2. The molecule has 2 heterocycles. The number of fused-ring (bicyclic) bond motifs is 1. The minimum atomic E-state index is -0.414. The average molecular weight is 415 g/mol. The highest BCUT2D eigenvalue weighted by Crippen LogP contribution is 2.32. The van der Waals surface area contributed by atoms with E-state index in [2.05, 4.69) is 10.4 Å². The van der Waals surface area contributed by atoms with Crippen molar-refractivity contribution in [1.29, 1.82) is 0 Å². The fourth-order valence-electron chi connectivity index (χ4n) is 4.08. The second kappa shape index (κ2) is 7.63. The van der Waals surface area contributed by atoms with Crippen LogP contribution in [-0.4, -0.2) is 34.2 Å². The molecule has 1 aliphatic carbocycles. The number of halogens is 1. The van der Waals surface area contributed by atoms with E-state index in [1.807, 2.05) is 25.1 Å². The first kappa shape index (κ1) is 19.6. The van der Waals surface area contributed by atoms with Crippen LogP contribution >= 0.6 is 11.6 Å². The van der Waals surface area contributed by atoms with Gasteiger partial charge in [-0.25, -0.2) is 4.68 Å². The highest BCUT2D eigenvalue weighted by molar-refractivity contribution is 6.34. The second-order valence-corrected chi connectivity index (χ2v) is 8.29. The monoisotopic (exact) mass is 414 g/mol. The molecule has 8 heteroatoms. The molecule has 0 bridgehead atoms. The van der Waals surface area contributed by atoms with E-state index in [1.165, 1.54) is 4.68 Å². The SMILES string of the molecule is Cc1ccc(N2CC(C(=O)NC3CCc4nn(C)c(=O)cc4C3)CC2=O)c(Cl)c1. The van der Waals surface area contributed by atoms with Crippen LogP contribution in [0.5, 0.6) is 0 Å². The van der Waals surface area contributed by atoms with Gasteiger partial charge in [-0.2, -0.15) is 5.10 Å². The van der Waals surface area contributed by atoms with Crippen LogP contribution in [0.4, 0.5) is 5.69 Å². The Morgan fingerprint density at radius 1 is 1.24 bits per heavy atom. The molecule has 152 valence electrons. The predicted octanol–water partition coefficient (Wildman–Crippen LogP) is 1.77. The zero-order valence-electron chi connectivity index (χ0n) is 16.4. The summed E-state index contributed by atoms with van der Waals surface area (Å²) in [5, 5.41) is 7.88. The number of nitrogens with zero attached hydrogens (tertiary/aromatic N) is 3. The Morgan fingerprint density at radius 3 is 2.79 bits per heavy atom. The fourth-order valence-corrected chi connectivity index (χ4v) is 4.41. The number of amides is 2. The lowest BCUT2D eigenvalue weighted by Gasteiger charge is -2.26. The first-order chi connectivity index (χ1) is 13.8. The molecule has 0 spiro atoms. The molecule has 29 heavy (non-hydrogen) atoms. The van der Waals surface area contributed by atoms with E-state index in [9.17, 15) is 14.4 Å². The molecule has 0 saturated carbocycles. The van der Waals surface area contributed by atoms with Crippen molar-refractivity contribution < 1.29 is 9.59 Å². The number of carbonyl (C=O) groups excluding carboxylic acids is 2. The molecule has 2 aliphatic rings. The van der Waals surface area contributed by atoms with Gasteiger partial charge in [-0.05, 0) is 49.4 Å². The van der Waals surface area contributed by atoms with Crippen molar-refractivity contribution in [3.8, 4) is 0 Å². The number of anilines is 1. The maximum absolute atomic E-state index is 12.8. The first-order valence-corrected chi connectivity index (χ1v) is 10.1. The number of rotatable bonds is 3. The topological polar surface area (TPSA) is 84.3 Å². The van der Waals surface area contributed by atoms with Crippen molar-refractivity contribution in [1.82, 2.24) is 15.1 Å². The van der Waals surface area contributed by atoms with E-state index in [0.717, 1.165) is 23.2 Å². The molecule has 1 aromatic heterocycles. The van der Waals surface area contributed by atoms with Gasteiger partial charge in [-0.1, -0.05) is 17.7 Å². The van der Waals surface area contributed by atoms with E-state index in [4.69, 9.17) is 11.6 Å². The van der Waals surface area contributed by atoms with Crippen LogP contribution in [0.25, 0.3) is 0 Å². The summed E-state index contributed by atoms with van der Waals surface area (Å²) in [5.41, 5.74) is 3.31. The maximum atomic E-state index is 12.8. The number of benzene rings is 1. The summed E-state index contributed by atoms with van der Waals surface area (Å²) >= 11 is 6.30. The van der Waals surface area contributed by atoms with Crippen LogP contribution in [-0.2, 0) is 29.5 Å². The van der Waals surface area contributed by atoms with Crippen molar-refractivity contribution in [2.45, 2.75) is 38.6 Å². The van der Waals surface area contributed by atoms with Crippen molar-refractivity contribution in [3.63, 3.8) is 0 Å². The van der Waals surface area contributed by atoms with Crippen LogP contribution in [0.2, 0.25) is 5.02 Å². The summed E-state index contributed by atoms with van der Waals surface area (Å²) in [5.74, 6) is -0.644. The highest BCUT2D eigenvalue weighted by atomic mass is 35.5. The Bertz CT molecular complexity index is 1050. The minimum Gasteiger partial charge on any atom is -0.353 e. The summed E-state index contributed by atoms with van der Waals surface area (Å²) in [4.78, 5) is 38.7. The molecular weight excluding hydrogens is 392 g/mol. The zero-order chi connectivity index (χ0) is 20.7. The standard InChI is InChI=1S/C21H23ClN4O3/c1-12-3-6-18(16(22)7-12)26-11-14(10-20(26)28)21(29)23-15-4-5-17-13(8-15)9-19(27)25(2)24-17/h3,6-7,9,14-15H,4-5,8,10-11H2,1-2H3,(H,23,29). The molecule has 2 atom stereocenters. The summed E-state index contributed by atoms with van der Waals surface area (Å²) in [6, 6.07) is 7.08. The number of hydrogen-bond acceptors (Lipinski definition) is 4. The Labute approximate surface area is 173 Å². The van der Waals surface area contributed by atoms with E-state index in [-0.39, 0.29) is 29.8 Å². The number of aromatic nitrogens is 2. The number of aryl methyl sites for hydroxylation is 3. The number of nitrogens with one attached hydrogen (secondary N) is 1. The summed E-state index contributed by atoms with van der Waals surface area (Å²) in [6.45, 7) is 2.25. The maximum Gasteiger partial charge on any atom is 0.266 e. The van der Waals surface area contributed by atoms with Gasteiger partial charge >= 0.3 is 0 Å². The van der Waals surface area contributed by atoms with Crippen LogP contribution in [0.1, 0.15) is 29.7 Å². The quantitative estimate of drug-likeness (QED) is 0.829. The molecule has 2 amide bonds. The molecule has 2 unspecified atom stereocenters. The molecule has 1 saturated heterocycles. The second-order valence-electron chi connectivity index (χ2n) is 7.89. The van der Waals surface area contributed by atoms with Gasteiger partial charge in [0.2, 0.25) is 11.8 Å². The van der Waals surface area contributed by atoms with Gasteiger partial charge in [0.25, 0.3) is 5.56 Å². The third kappa shape index (κ3) is 3.92. The van der Waals surface area contributed by atoms with E-state index in [0.29, 0.717) is 30.1 Å². The van der Waals surface area contributed by atoms with Crippen molar-refractivity contribution in [3.05, 3.63) is 56.5 Å². The van der Waals surface area contributed by atoms with Gasteiger partial charge in [-0.15, -0.1) is 0 Å². The predicted molar refractivity (Wildman–Crippen MR) is 110 cm³/mol. The molecule has 1 fully saturated rings. The van der Waals surface area contributed by atoms with E-state index >= 15 is 0 Å². The summed E-state index contributed by atoms with van der Waals surface area (Å²) in [7, 11) is 1.64. The largest absolute Gasteiger partial charge is 0.353 e. The van der Waals surface area contributed by atoms with Gasteiger partial charge in [0.15, 0.2) is 0 Å². The third-order valence-electron chi connectivity index (χ3n) is 5.69. The lowest BCUT2D eigenvalue weighted by Crippen LogP contribution is -2.43. The molecular formula is C21H23ClN4O3. The Hall–Kier alpha value is -2.67. The Morgan fingerprint density at radius 2 is 2.03 bits per heavy atom. The Balaban J connectivity index is 1.42. The van der Waals surface area contributed by atoms with E-state index in [1.54, 1.807) is 18.0 Å². The van der Waals surface area contributed by atoms with Crippen LogP contribution < -0.4 is 15.8 Å². The van der Waals surface area contributed by atoms with Crippen molar-refractivity contribution >= 4 is 29.1 Å². The first-order valence-electron chi connectivity index (χ1n) is 9.75. The van der Waals surface area contributed by atoms with Gasteiger partial charge in [0, 0.05) is 32.1 Å². The van der Waals surface area contributed by atoms with Crippen LogP contribution in [0.3, 0.4) is 0 Å². The Kier molecular flexibility index (Phi) is 5.17. The van der Waals surface area contributed by atoms with Crippen LogP contribution in [0.15, 0.2) is 29.1 Å². The van der Waals surface area contributed by atoms with Gasteiger partial charge < -0.3 is 10.2 Å². The fraction of sp³-hybridized carbons (Fsp3) is 0.429. The van der Waals surface area contributed by atoms with Crippen molar-refractivity contribution in [2.75, 3.05) is 11.4 Å². The lowest BCUT2D eigenvalue weighted by molar-refractivity contribution is -0.127. The number of hydrogen-bond donors (Lipinski definition) is 1. The van der Waals surface area contributed by atoms with E-state index < -0.39 is 5.92 Å². The smallest absolute Gasteiger partial charge is 0.266 e. The molecule has 1 aliphatic heterocycles. The lowest BCUT2D eigenvalue weighted by atomic mass is 9.92. The van der Waals surface area contributed by atoms with Gasteiger partial charge in [0.05, 0.1) is 22.3 Å². The molecule has 2 aromatic rings.